The molecule has 0 aliphatic heterocycles. The van der Waals surface area contributed by atoms with Gasteiger partial charge in [-0.05, 0) is 17.7 Å². The van der Waals surface area contributed by atoms with Gasteiger partial charge >= 0.3 is 5.97 Å². The normalized spacial score (nSPS) is 12.5. The van der Waals surface area contributed by atoms with E-state index in [1.165, 1.54) is 19.2 Å². The minimum Gasteiger partial charge on any atom is -0.465 e. The molecule has 3 nitrogen and oxygen atoms in total. The number of carbonyl (C=O) groups is 1. The molecule has 5 heteroatoms. The third-order valence-electron chi connectivity index (χ3n) is 2.27. The van der Waals surface area contributed by atoms with Crippen LogP contribution < -0.4 is 0 Å². The molecule has 0 fully saturated rings. The lowest BCUT2D eigenvalue weighted by atomic mass is 10.1. The quantitative estimate of drug-likeness (QED) is 0.778. The smallest absolute Gasteiger partial charge is 0.340 e. The van der Waals surface area contributed by atoms with Crippen LogP contribution in [-0.2, 0) is 21.3 Å². The van der Waals surface area contributed by atoms with E-state index in [1.807, 2.05) is 13.8 Å². The highest BCUT2D eigenvalue weighted by atomic mass is 32.2. The summed E-state index contributed by atoms with van der Waals surface area (Å²) in [6, 6.07) is 4.18. The summed E-state index contributed by atoms with van der Waals surface area (Å²) in [4.78, 5) is 11.2. The fourth-order valence-corrected chi connectivity index (χ4v) is 2.10. The highest BCUT2D eigenvalue weighted by molar-refractivity contribution is 7.84. The highest BCUT2D eigenvalue weighted by Gasteiger charge is 2.13. The van der Waals surface area contributed by atoms with Crippen LogP contribution >= 0.6 is 0 Å². The first-order valence-electron chi connectivity index (χ1n) is 5.19. The number of methoxy groups -OCH3 is 1. The van der Waals surface area contributed by atoms with Gasteiger partial charge < -0.3 is 4.74 Å². The van der Waals surface area contributed by atoms with Crippen molar-refractivity contribution in [3.05, 3.63) is 35.1 Å². The first-order valence-corrected chi connectivity index (χ1v) is 6.57. The van der Waals surface area contributed by atoms with Crippen LogP contribution in [0.15, 0.2) is 18.2 Å². The van der Waals surface area contributed by atoms with E-state index < -0.39 is 22.6 Å². The average molecular weight is 258 g/mol. The molecule has 1 aromatic rings. The fourth-order valence-electron chi connectivity index (χ4n) is 1.25. The third kappa shape index (κ3) is 3.63. The third-order valence-corrected chi connectivity index (χ3v) is 3.94. The van der Waals surface area contributed by atoms with E-state index in [4.69, 9.17) is 0 Å². The molecule has 0 heterocycles. The summed E-state index contributed by atoms with van der Waals surface area (Å²) in [5.74, 6) is -1.06. The van der Waals surface area contributed by atoms with E-state index in [0.717, 1.165) is 0 Å². The molecule has 0 saturated carbocycles. The molecule has 0 N–H and O–H groups in total. The van der Waals surface area contributed by atoms with Gasteiger partial charge in [0.15, 0.2) is 0 Å². The van der Waals surface area contributed by atoms with Crippen LogP contribution in [0.2, 0.25) is 0 Å². The van der Waals surface area contributed by atoms with Crippen molar-refractivity contribution in [2.24, 2.45) is 0 Å². The van der Waals surface area contributed by atoms with Crippen LogP contribution in [0.3, 0.4) is 0 Å². The Kier molecular flexibility index (Phi) is 4.81. The molecule has 0 saturated heterocycles. The van der Waals surface area contributed by atoms with Gasteiger partial charge in [-0.1, -0.05) is 19.9 Å². The van der Waals surface area contributed by atoms with Gasteiger partial charge in [-0.25, -0.2) is 9.18 Å². The number of rotatable bonds is 4. The predicted octanol–water partition coefficient (Wildman–Crippen LogP) is 2.27. The second-order valence-electron chi connectivity index (χ2n) is 3.88. The summed E-state index contributed by atoms with van der Waals surface area (Å²) in [6.07, 6.45) is 0. The molecule has 1 aromatic carbocycles. The number of benzene rings is 1. The SMILES string of the molecule is COC(=O)c1ccc(CS(=O)C(C)C)cc1F. The van der Waals surface area contributed by atoms with Crippen LogP contribution in [-0.4, -0.2) is 22.5 Å². The van der Waals surface area contributed by atoms with Crippen LogP contribution in [0.25, 0.3) is 0 Å². The van der Waals surface area contributed by atoms with E-state index in [0.29, 0.717) is 5.56 Å². The van der Waals surface area contributed by atoms with E-state index in [1.54, 1.807) is 6.07 Å². The van der Waals surface area contributed by atoms with Crippen molar-refractivity contribution in [3.8, 4) is 0 Å². The molecule has 1 rings (SSSR count). The Balaban J connectivity index is 2.89. The second kappa shape index (κ2) is 5.91. The number of esters is 1. The first-order chi connectivity index (χ1) is 7.95. The van der Waals surface area contributed by atoms with Gasteiger partial charge in [0.2, 0.25) is 0 Å². The van der Waals surface area contributed by atoms with Gasteiger partial charge in [0.1, 0.15) is 5.82 Å². The molecule has 1 unspecified atom stereocenters. The van der Waals surface area contributed by atoms with Gasteiger partial charge in [0.05, 0.1) is 12.7 Å². The summed E-state index contributed by atoms with van der Waals surface area (Å²) < 4.78 is 29.6. The van der Waals surface area contributed by atoms with Crippen molar-refractivity contribution in [3.63, 3.8) is 0 Å². The zero-order chi connectivity index (χ0) is 13.0. The summed E-state index contributed by atoms with van der Waals surface area (Å²) >= 11 is 0. The molecule has 0 amide bonds. The molecule has 17 heavy (non-hydrogen) atoms. The van der Waals surface area contributed by atoms with Gasteiger partial charge in [-0.2, -0.15) is 0 Å². The van der Waals surface area contributed by atoms with Crippen molar-refractivity contribution in [1.82, 2.24) is 0 Å². The number of halogens is 1. The Bertz CT molecular complexity index is 443. The van der Waals surface area contributed by atoms with Crippen LogP contribution in [0.1, 0.15) is 29.8 Å². The topological polar surface area (TPSA) is 43.4 Å². The standard InChI is InChI=1S/C12H15FO3S/c1-8(2)17(15)7-9-4-5-10(11(13)6-9)12(14)16-3/h4-6,8H,7H2,1-3H3. The zero-order valence-corrected chi connectivity index (χ0v) is 10.8. The first kappa shape index (κ1) is 13.8. The molecule has 0 aromatic heterocycles. The minimum absolute atomic E-state index is 0.0262. The summed E-state index contributed by atoms with van der Waals surface area (Å²) in [5.41, 5.74) is 0.508. The molecule has 0 spiro atoms. The number of ether oxygens (including phenoxy) is 1. The van der Waals surface area contributed by atoms with Crippen LogP contribution in [0, 0.1) is 5.82 Å². The largest absolute Gasteiger partial charge is 0.465 e. The summed E-state index contributed by atoms with van der Waals surface area (Å²) in [6.45, 7) is 3.69. The number of hydrogen-bond acceptors (Lipinski definition) is 3. The Morgan fingerprint density at radius 2 is 2.12 bits per heavy atom. The monoisotopic (exact) mass is 258 g/mol. The highest BCUT2D eigenvalue weighted by Crippen LogP contribution is 2.14. The summed E-state index contributed by atoms with van der Waals surface area (Å²) in [7, 11) is 0.165. The predicted molar refractivity (Wildman–Crippen MR) is 64.7 cm³/mol. The fraction of sp³-hybridized carbons (Fsp3) is 0.417. The second-order valence-corrected chi connectivity index (χ2v) is 5.87. The lowest BCUT2D eigenvalue weighted by Gasteiger charge is -2.07. The maximum atomic E-state index is 13.5. The van der Waals surface area contributed by atoms with Crippen molar-refractivity contribution < 1.29 is 18.1 Å². The average Bonchev–Trinajstić information content (AvgIpc) is 2.28. The summed E-state index contributed by atoms with van der Waals surface area (Å²) in [5, 5.41) is 0.0262. The molecule has 0 aliphatic carbocycles. The molecule has 1 atom stereocenters. The maximum absolute atomic E-state index is 13.5. The zero-order valence-electron chi connectivity index (χ0n) is 10.0. The van der Waals surface area contributed by atoms with E-state index in [-0.39, 0.29) is 16.6 Å². The lowest BCUT2D eigenvalue weighted by Crippen LogP contribution is -2.09. The van der Waals surface area contributed by atoms with Crippen molar-refractivity contribution >= 4 is 16.8 Å². The maximum Gasteiger partial charge on any atom is 0.340 e. The van der Waals surface area contributed by atoms with Crippen molar-refractivity contribution in [1.29, 1.82) is 0 Å². The van der Waals surface area contributed by atoms with E-state index in [9.17, 15) is 13.4 Å². The molecular formula is C12H15FO3S. The molecule has 0 radical (unpaired) electrons. The number of hydrogen-bond donors (Lipinski definition) is 0. The van der Waals surface area contributed by atoms with Crippen molar-refractivity contribution in [2.75, 3.05) is 7.11 Å². The van der Waals surface area contributed by atoms with Gasteiger partial charge in [-0.3, -0.25) is 4.21 Å². The van der Waals surface area contributed by atoms with Gasteiger partial charge in [-0.15, -0.1) is 0 Å². The van der Waals surface area contributed by atoms with Gasteiger partial charge in [0, 0.05) is 21.8 Å². The van der Waals surface area contributed by atoms with Gasteiger partial charge in [0.25, 0.3) is 0 Å². The van der Waals surface area contributed by atoms with E-state index >= 15 is 0 Å². The van der Waals surface area contributed by atoms with Crippen molar-refractivity contribution in [2.45, 2.75) is 24.9 Å². The lowest BCUT2D eigenvalue weighted by molar-refractivity contribution is 0.0595. The Hall–Kier alpha value is -1.23. The van der Waals surface area contributed by atoms with Crippen LogP contribution in [0.4, 0.5) is 4.39 Å². The Morgan fingerprint density at radius 3 is 2.59 bits per heavy atom. The molecule has 94 valence electrons. The molecule has 0 bridgehead atoms. The number of carbonyl (C=O) groups excluding carboxylic acids is 1. The van der Waals surface area contributed by atoms with E-state index in [2.05, 4.69) is 4.74 Å². The Morgan fingerprint density at radius 1 is 1.47 bits per heavy atom. The minimum atomic E-state index is -1.03. The Labute approximate surface area is 102 Å². The molecular weight excluding hydrogens is 243 g/mol. The molecule has 0 aliphatic rings. The van der Waals surface area contributed by atoms with Crippen LogP contribution in [0.5, 0.6) is 0 Å².